The lowest BCUT2D eigenvalue weighted by atomic mass is 9.85. The van der Waals surface area contributed by atoms with Crippen LogP contribution in [0.3, 0.4) is 0 Å². The fourth-order valence-corrected chi connectivity index (χ4v) is 4.02. The van der Waals surface area contributed by atoms with Gasteiger partial charge in [-0.15, -0.1) is 0 Å². The topological polar surface area (TPSA) is 90.7 Å². The molecule has 0 aliphatic carbocycles. The number of rotatable bonds is 6. The van der Waals surface area contributed by atoms with Gasteiger partial charge in [0.15, 0.2) is 18.2 Å². The molecule has 3 heterocycles. The number of ether oxygens (including phenoxy) is 1. The summed E-state index contributed by atoms with van der Waals surface area (Å²) in [6, 6.07) is 11.6. The van der Waals surface area contributed by atoms with E-state index in [0.717, 1.165) is 5.56 Å². The number of nitrogens with zero attached hydrogens (tertiary/aromatic N) is 2. The van der Waals surface area contributed by atoms with Gasteiger partial charge in [-0.05, 0) is 48.4 Å². The van der Waals surface area contributed by atoms with E-state index in [0.29, 0.717) is 22.4 Å². The number of benzene rings is 1. The Kier molecular flexibility index (Phi) is 5.58. The number of ketones is 2. The molecule has 1 N–H and O–H groups in total. The summed E-state index contributed by atoms with van der Waals surface area (Å²) < 4.78 is 5.22. The van der Waals surface area contributed by atoms with Crippen LogP contribution in [0.5, 0.6) is 5.75 Å². The quantitative estimate of drug-likeness (QED) is 0.350. The van der Waals surface area contributed by atoms with Crippen molar-refractivity contribution in [1.29, 1.82) is 0 Å². The molecule has 1 aliphatic rings. The van der Waals surface area contributed by atoms with Crippen LogP contribution >= 0.6 is 0 Å². The highest BCUT2D eigenvalue weighted by Crippen LogP contribution is 2.39. The number of aromatic amines is 1. The number of aromatic nitrogens is 2. The third-order valence-electron chi connectivity index (χ3n) is 5.54. The van der Waals surface area contributed by atoms with Gasteiger partial charge < -0.3 is 9.64 Å². The van der Waals surface area contributed by atoms with Crippen LogP contribution in [0, 0.1) is 12.8 Å². The van der Waals surface area contributed by atoms with E-state index in [1.54, 1.807) is 69.2 Å². The molecule has 3 aromatic rings. The van der Waals surface area contributed by atoms with Crippen LogP contribution in [0.1, 0.15) is 33.1 Å². The first-order valence-electron chi connectivity index (χ1n) is 9.90. The standard InChI is InChI=1S/C24H21N3O4/c1-15-11-18(31-2)7-8-19(15)22(28)20-21(17-6-4-10-26-13-17)27(24(30)23(20)29)14-16-5-3-9-25-12-16/h3-13,20-21H,14H2,1-2H3/p+1. The Balaban J connectivity index is 1.77. The number of hydrogen-bond donors (Lipinski definition) is 0. The number of Topliss-reactive ketones (excluding diaryl/α,β-unsaturated/α-hetero) is 2. The number of likely N-dealkylation sites (tertiary alicyclic amines) is 1. The number of hydrogen-bond acceptors (Lipinski definition) is 5. The number of nitrogens with one attached hydrogen (secondary N) is 1. The summed E-state index contributed by atoms with van der Waals surface area (Å²) in [4.78, 5) is 48.2. The molecule has 1 fully saturated rings. The molecule has 0 bridgehead atoms. The zero-order valence-electron chi connectivity index (χ0n) is 17.2. The Morgan fingerprint density at radius 1 is 1.19 bits per heavy atom. The normalized spacial score (nSPS) is 18.3. The maximum Gasteiger partial charge on any atom is 0.291 e. The van der Waals surface area contributed by atoms with Crippen LogP contribution in [0.4, 0.5) is 0 Å². The van der Waals surface area contributed by atoms with E-state index < -0.39 is 23.7 Å². The Morgan fingerprint density at radius 3 is 2.68 bits per heavy atom. The maximum absolute atomic E-state index is 13.5. The van der Waals surface area contributed by atoms with Gasteiger partial charge in [0.1, 0.15) is 11.7 Å². The lowest BCUT2D eigenvalue weighted by Crippen LogP contribution is -2.31. The number of carbonyl (C=O) groups excluding carboxylic acids is 3. The van der Waals surface area contributed by atoms with E-state index >= 15 is 0 Å². The van der Waals surface area contributed by atoms with Crippen LogP contribution in [0.25, 0.3) is 0 Å². The van der Waals surface area contributed by atoms with Crippen molar-refractivity contribution in [2.75, 3.05) is 7.11 Å². The molecule has 7 heteroatoms. The number of carbonyl (C=O) groups is 3. The predicted octanol–water partition coefficient (Wildman–Crippen LogP) is 2.36. The van der Waals surface area contributed by atoms with Crippen molar-refractivity contribution < 1.29 is 24.1 Å². The molecule has 0 spiro atoms. The van der Waals surface area contributed by atoms with Crippen molar-refractivity contribution in [2.45, 2.75) is 19.5 Å². The van der Waals surface area contributed by atoms with Crippen LogP contribution in [-0.4, -0.2) is 34.5 Å². The molecule has 1 aromatic carbocycles. The van der Waals surface area contributed by atoms with Gasteiger partial charge in [-0.25, -0.2) is 4.98 Å². The fourth-order valence-electron chi connectivity index (χ4n) is 4.02. The van der Waals surface area contributed by atoms with Gasteiger partial charge in [-0.1, -0.05) is 6.07 Å². The van der Waals surface area contributed by atoms with Crippen LogP contribution in [-0.2, 0) is 16.1 Å². The zero-order valence-corrected chi connectivity index (χ0v) is 17.2. The van der Waals surface area contributed by atoms with E-state index in [9.17, 15) is 14.4 Å². The second-order valence-electron chi connectivity index (χ2n) is 7.46. The molecule has 2 aromatic heterocycles. The highest BCUT2D eigenvalue weighted by molar-refractivity contribution is 6.44. The van der Waals surface area contributed by atoms with Gasteiger partial charge >= 0.3 is 0 Å². The molecule has 156 valence electrons. The fraction of sp³-hybridized carbons (Fsp3) is 0.208. The molecular weight excluding hydrogens is 394 g/mol. The van der Waals surface area contributed by atoms with Gasteiger partial charge in [-0.3, -0.25) is 19.4 Å². The molecular formula is C24H22N3O4+. The Labute approximate surface area is 179 Å². The van der Waals surface area contributed by atoms with Gasteiger partial charge in [0.25, 0.3) is 5.91 Å². The first-order valence-corrected chi connectivity index (χ1v) is 9.90. The second-order valence-corrected chi connectivity index (χ2v) is 7.46. The molecule has 0 saturated carbocycles. The third kappa shape index (κ3) is 3.82. The monoisotopic (exact) mass is 416 g/mol. The van der Waals surface area contributed by atoms with E-state index in [-0.39, 0.29) is 12.3 Å². The molecule has 2 atom stereocenters. The first kappa shape index (κ1) is 20.4. The van der Waals surface area contributed by atoms with E-state index in [2.05, 4.69) is 9.97 Å². The van der Waals surface area contributed by atoms with Crippen molar-refractivity contribution in [3.05, 3.63) is 89.5 Å². The van der Waals surface area contributed by atoms with Crippen molar-refractivity contribution in [2.24, 2.45) is 5.92 Å². The Bertz CT molecular complexity index is 1130. The number of H-pyrrole nitrogens is 1. The van der Waals surface area contributed by atoms with Gasteiger partial charge in [0.2, 0.25) is 5.78 Å². The van der Waals surface area contributed by atoms with Crippen molar-refractivity contribution in [1.82, 2.24) is 9.88 Å². The Hall–Kier alpha value is -3.87. The van der Waals surface area contributed by atoms with E-state index in [1.807, 2.05) is 12.1 Å². The summed E-state index contributed by atoms with van der Waals surface area (Å²) >= 11 is 0. The molecule has 7 nitrogen and oxygen atoms in total. The summed E-state index contributed by atoms with van der Waals surface area (Å²) in [5.74, 6) is -2.25. The number of methoxy groups -OCH3 is 1. The summed E-state index contributed by atoms with van der Waals surface area (Å²) in [5, 5.41) is 0. The van der Waals surface area contributed by atoms with Crippen LogP contribution in [0.15, 0.2) is 67.3 Å². The summed E-state index contributed by atoms with van der Waals surface area (Å²) in [6.45, 7) is 1.97. The SMILES string of the molecule is COc1ccc(C(=O)C2C(=O)C(=O)N(Cc3cccnc3)C2c2ccc[nH+]c2)c(C)c1. The van der Waals surface area contributed by atoms with E-state index in [1.165, 1.54) is 4.90 Å². The highest BCUT2D eigenvalue weighted by atomic mass is 16.5. The molecule has 0 radical (unpaired) electrons. The minimum Gasteiger partial charge on any atom is -0.497 e. The summed E-state index contributed by atoms with van der Waals surface area (Å²) in [6.07, 6.45) is 6.74. The average molecular weight is 416 g/mol. The maximum atomic E-state index is 13.5. The van der Waals surface area contributed by atoms with Crippen LogP contribution in [0.2, 0.25) is 0 Å². The average Bonchev–Trinajstić information content (AvgIpc) is 3.04. The molecule has 1 saturated heterocycles. The minimum absolute atomic E-state index is 0.184. The molecule has 2 unspecified atom stereocenters. The second kappa shape index (κ2) is 8.47. The minimum atomic E-state index is -1.13. The molecule has 4 rings (SSSR count). The first-order chi connectivity index (χ1) is 15.0. The van der Waals surface area contributed by atoms with Gasteiger partial charge in [-0.2, -0.15) is 0 Å². The van der Waals surface area contributed by atoms with Gasteiger partial charge in [0.05, 0.1) is 13.2 Å². The molecule has 1 aliphatic heterocycles. The summed E-state index contributed by atoms with van der Waals surface area (Å²) in [7, 11) is 1.55. The number of aryl methyl sites for hydroxylation is 1. The Morgan fingerprint density at radius 2 is 2.03 bits per heavy atom. The largest absolute Gasteiger partial charge is 0.497 e. The lowest BCUT2D eigenvalue weighted by Gasteiger charge is -2.26. The lowest BCUT2D eigenvalue weighted by molar-refractivity contribution is -0.379. The van der Waals surface area contributed by atoms with Crippen molar-refractivity contribution in [3.63, 3.8) is 0 Å². The summed E-state index contributed by atoms with van der Waals surface area (Å²) in [5.41, 5.74) is 2.56. The third-order valence-corrected chi connectivity index (χ3v) is 5.54. The predicted molar refractivity (Wildman–Crippen MR) is 111 cm³/mol. The number of amides is 1. The van der Waals surface area contributed by atoms with Crippen LogP contribution < -0.4 is 9.72 Å². The number of pyridine rings is 2. The zero-order chi connectivity index (χ0) is 22.0. The van der Waals surface area contributed by atoms with E-state index in [4.69, 9.17) is 4.74 Å². The van der Waals surface area contributed by atoms with Crippen molar-refractivity contribution >= 4 is 17.5 Å². The highest BCUT2D eigenvalue weighted by Gasteiger charge is 2.52. The van der Waals surface area contributed by atoms with Crippen molar-refractivity contribution in [3.8, 4) is 5.75 Å². The van der Waals surface area contributed by atoms with Gasteiger partial charge in [0, 0.05) is 36.1 Å². The molecule has 31 heavy (non-hydrogen) atoms. The molecule has 1 amide bonds. The smallest absolute Gasteiger partial charge is 0.291 e.